The first-order valence-corrected chi connectivity index (χ1v) is 6.94. The summed E-state index contributed by atoms with van der Waals surface area (Å²) >= 11 is 0. The molecule has 0 heterocycles. The highest BCUT2D eigenvalue weighted by Crippen LogP contribution is 2.19. The van der Waals surface area contributed by atoms with E-state index in [1.54, 1.807) is 27.7 Å². The van der Waals surface area contributed by atoms with Gasteiger partial charge in [0.2, 0.25) is 0 Å². The molecule has 82 valence electrons. The average Bonchev–Trinajstić information content (AvgIpc) is 1.60. The molecule has 0 bridgehead atoms. The highest BCUT2D eigenvalue weighted by molar-refractivity contribution is 6.31. The Balaban J connectivity index is -0.0000000720. The monoisotopic (exact) mass is 206 g/mol. The maximum atomic E-state index is 9.10. The molecule has 0 unspecified atom stereocenters. The first kappa shape index (κ1) is 23.2. The van der Waals surface area contributed by atoms with Crippen LogP contribution in [0.15, 0.2) is 0 Å². The summed E-state index contributed by atoms with van der Waals surface area (Å²) in [5.41, 5.74) is -2.01. The van der Waals surface area contributed by atoms with Crippen molar-refractivity contribution in [1.29, 1.82) is 0 Å². The molecule has 2 N–H and O–H groups in total. The zero-order chi connectivity index (χ0) is 9.71. The standard InChI is InChI=1S/C6H14O2.C2H8Si.2BH3/c1-5(2,7)6(3,4)8;1-3-2;;/h7-8H,1-4H3;3H2,1-2H3;2*1H3. The van der Waals surface area contributed by atoms with Gasteiger partial charge in [-0.15, -0.1) is 0 Å². The lowest BCUT2D eigenvalue weighted by molar-refractivity contribution is -0.107. The van der Waals surface area contributed by atoms with Gasteiger partial charge in [-0.2, -0.15) is 0 Å². The van der Waals surface area contributed by atoms with Gasteiger partial charge in [0.05, 0.1) is 28.0 Å². The molecule has 0 fully saturated rings. The normalized spacial score (nSPS) is 10.2. The summed E-state index contributed by atoms with van der Waals surface area (Å²) in [6.07, 6.45) is 0. The molecular weight excluding hydrogens is 178 g/mol. The Kier molecular flexibility index (Phi) is 15.8. The van der Waals surface area contributed by atoms with Crippen LogP contribution in [0.3, 0.4) is 0 Å². The van der Waals surface area contributed by atoms with Gasteiger partial charge in [-0.3, -0.25) is 0 Å². The highest BCUT2D eigenvalue weighted by atomic mass is 28.2. The van der Waals surface area contributed by atoms with Crippen molar-refractivity contribution < 1.29 is 10.2 Å². The molecule has 0 spiro atoms. The van der Waals surface area contributed by atoms with Crippen molar-refractivity contribution >= 4 is 26.3 Å². The van der Waals surface area contributed by atoms with Crippen molar-refractivity contribution in [2.75, 3.05) is 0 Å². The van der Waals surface area contributed by atoms with E-state index in [0.717, 1.165) is 0 Å². The minimum Gasteiger partial charge on any atom is -0.387 e. The van der Waals surface area contributed by atoms with Gasteiger partial charge >= 0.3 is 0 Å². The lowest BCUT2D eigenvalue weighted by atomic mass is 9.90. The molecule has 5 heteroatoms. The van der Waals surface area contributed by atoms with Gasteiger partial charge in [-0.05, 0) is 27.7 Å². The maximum Gasteiger partial charge on any atom is 0.0872 e. The van der Waals surface area contributed by atoms with Gasteiger partial charge in [-0.1, -0.05) is 13.1 Å². The van der Waals surface area contributed by atoms with Crippen LogP contribution < -0.4 is 0 Å². The van der Waals surface area contributed by atoms with Crippen LogP contribution in [-0.4, -0.2) is 47.8 Å². The van der Waals surface area contributed by atoms with Crippen molar-refractivity contribution in [2.45, 2.75) is 52.0 Å². The van der Waals surface area contributed by atoms with Crippen LogP contribution in [0.2, 0.25) is 13.1 Å². The van der Waals surface area contributed by atoms with Gasteiger partial charge < -0.3 is 10.2 Å². The zero-order valence-corrected chi connectivity index (χ0v) is 10.0. The lowest BCUT2D eigenvalue weighted by Gasteiger charge is -2.31. The fourth-order valence-electron chi connectivity index (χ4n) is 0. The van der Waals surface area contributed by atoms with E-state index in [1.807, 2.05) is 0 Å². The van der Waals surface area contributed by atoms with Crippen LogP contribution in [0, 0.1) is 0 Å². The Morgan fingerprint density at radius 3 is 0.846 bits per heavy atom. The molecule has 0 aromatic carbocycles. The Bertz CT molecular complexity index is 85.3. The topological polar surface area (TPSA) is 40.5 Å². The number of aliphatic hydroxyl groups is 2. The van der Waals surface area contributed by atoms with E-state index in [1.165, 1.54) is 0 Å². The van der Waals surface area contributed by atoms with Crippen LogP contribution >= 0.6 is 0 Å². The molecule has 0 aliphatic heterocycles. The Hall–Kier alpha value is 0.267. The summed E-state index contributed by atoms with van der Waals surface area (Å²) in [7, 11) is 0.417. The number of rotatable bonds is 1. The molecule has 0 rings (SSSR count). The van der Waals surface area contributed by atoms with E-state index >= 15 is 0 Å². The van der Waals surface area contributed by atoms with Crippen molar-refractivity contribution in [3.63, 3.8) is 0 Å². The SMILES string of the molecule is B.B.CC(C)(O)C(C)(C)O.C[SiH2]C. The van der Waals surface area contributed by atoms with Crippen molar-refractivity contribution in [3.8, 4) is 0 Å². The van der Waals surface area contributed by atoms with Crippen molar-refractivity contribution in [3.05, 3.63) is 0 Å². The second-order valence-electron chi connectivity index (χ2n) is 3.83. The molecule has 0 amide bonds. The summed E-state index contributed by atoms with van der Waals surface area (Å²) in [6, 6.07) is 0. The molecule has 0 saturated carbocycles. The molecule has 0 aliphatic rings. The number of hydrogen-bond acceptors (Lipinski definition) is 2. The smallest absolute Gasteiger partial charge is 0.0872 e. The van der Waals surface area contributed by atoms with Gasteiger partial charge in [0.25, 0.3) is 0 Å². The molecular formula is C8H28B2O2Si. The van der Waals surface area contributed by atoms with E-state index in [2.05, 4.69) is 13.1 Å². The molecule has 13 heavy (non-hydrogen) atoms. The third-order valence-electron chi connectivity index (χ3n) is 1.50. The second kappa shape index (κ2) is 8.85. The van der Waals surface area contributed by atoms with Crippen LogP contribution in [0.25, 0.3) is 0 Å². The summed E-state index contributed by atoms with van der Waals surface area (Å²) in [4.78, 5) is 0. The average molecular weight is 206 g/mol. The predicted molar refractivity (Wildman–Crippen MR) is 72.7 cm³/mol. The predicted octanol–water partition coefficient (Wildman–Crippen LogP) is -1.59. The maximum absolute atomic E-state index is 9.10. The quantitative estimate of drug-likeness (QED) is 0.508. The van der Waals surface area contributed by atoms with E-state index in [-0.39, 0.29) is 16.8 Å². The fraction of sp³-hybridized carbons (Fsp3) is 1.00. The third kappa shape index (κ3) is 15.1. The third-order valence-corrected chi connectivity index (χ3v) is 1.50. The second-order valence-corrected chi connectivity index (χ2v) is 5.24. The van der Waals surface area contributed by atoms with Crippen LogP contribution in [0.4, 0.5) is 0 Å². The van der Waals surface area contributed by atoms with Crippen LogP contribution in [-0.2, 0) is 0 Å². The molecule has 0 aromatic rings. The summed E-state index contributed by atoms with van der Waals surface area (Å²) in [6.45, 7) is 10.8. The van der Waals surface area contributed by atoms with Crippen LogP contribution in [0.1, 0.15) is 27.7 Å². The highest BCUT2D eigenvalue weighted by Gasteiger charge is 2.31. The van der Waals surface area contributed by atoms with E-state index < -0.39 is 11.2 Å². The minimum atomic E-state index is -1.01. The Morgan fingerprint density at radius 2 is 0.846 bits per heavy atom. The largest absolute Gasteiger partial charge is 0.387 e. The fourth-order valence-corrected chi connectivity index (χ4v) is 0. The van der Waals surface area contributed by atoms with Gasteiger partial charge in [-0.25, -0.2) is 0 Å². The van der Waals surface area contributed by atoms with E-state index in [0.29, 0.717) is 9.52 Å². The molecule has 2 nitrogen and oxygen atoms in total. The zero-order valence-electron chi connectivity index (χ0n) is 8.60. The lowest BCUT2D eigenvalue weighted by Crippen LogP contribution is -2.44. The Labute approximate surface area is 89.1 Å². The first-order chi connectivity index (χ1) is 4.66. The van der Waals surface area contributed by atoms with Crippen LogP contribution in [0.5, 0.6) is 0 Å². The van der Waals surface area contributed by atoms with Crippen molar-refractivity contribution in [2.24, 2.45) is 0 Å². The Morgan fingerprint density at radius 1 is 0.769 bits per heavy atom. The summed E-state index contributed by atoms with van der Waals surface area (Å²) in [5, 5.41) is 18.2. The van der Waals surface area contributed by atoms with Crippen molar-refractivity contribution in [1.82, 2.24) is 0 Å². The summed E-state index contributed by atoms with van der Waals surface area (Å²) < 4.78 is 0. The molecule has 0 aliphatic carbocycles. The minimum absolute atomic E-state index is 0. The van der Waals surface area contributed by atoms with Gasteiger partial charge in [0.1, 0.15) is 0 Å². The van der Waals surface area contributed by atoms with E-state index in [4.69, 9.17) is 10.2 Å². The van der Waals surface area contributed by atoms with E-state index in [9.17, 15) is 0 Å². The first-order valence-electron chi connectivity index (χ1n) is 4.11. The molecule has 0 saturated heterocycles. The molecule has 0 aromatic heterocycles. The van der Waals surface area contributed by atoms with Gasteiger partial charge in [0.15, 0.2) is 0 Å². The molecule has 0 atom stereocenters. The summed E-state index contributed by atoms with van der Waals surface area (Å²) in [5.74, 6) is 0. The molecule has 0 radical (unpaired) electrons. The number of hydrogen-bond donors (Lipinski definition) is 2. The van der Waals surface area contributed by atoms with Gasteiger partial charge in [0, 0.05) is 9.52 Å².